The molecule has 0 amide bonds. The molecule has 0 saturated heterocycles. The fourth-order valence-corrected chi connectivity index (χ4v) is 0.752. The van der Waals surface area contributed by atoms with E-state index in [9.17, 15) is 4.79 Å². The number of carbonyl (C=O) groups is 1. The van der Waals surface area contributed by atoms with Crippen LogP contribution in [0.5, 0.6) is 0 Å². The Morgan fingerprint density at radius 3 is 2.83 bits per heavy atom. The first kappa shape index (κ1) is 8.39. The largest absolute Gasteiger partial charge is 0.464 e. The maximum Gasteiger partial charge on any atom is 0.358 e. The van der Waals surface area contributed by atoms with E-state index in [1.807, 2.05) is 0 Å². The Bertz CT molecular complexity index is 310. The molecule has 0 unspecified atom stereocenters. The van der Waals surface area contributed by atoms with Crippen LogP contribution in [-0.2, 0) is 4.74 Å². The van der Waals surface area contributed by atoms with Gasteiger partial charge in [0.25, 0.3) is 0 Å². The van der Waals surface area contributed by atoms with Crippen LogP contribution in [0.25, 0.3) is 6.08 Å². The van der Waals surface area contributed by atoms with Gasteiger partial charge in [0, 0.05) is 12.4 Å². The second kappa shape index (κ2) is 3.61. The highest BCUT2D eigenvalue weighted by Crippen LogP contribution is 2.03. The van der Waals surface area contributed by atoms with E-state index in [2.05, 4.69) is 21.3 Å². The predicted octanol–water partition coefficient (Wildman–Crippen LogP) is 0.906. The van der Waals surface area contributed by atoms with Gasteiger partial charge >= 0.3 is 5.97 Å². The number of methoxy groups -OCH3 is 1. The minimum Gasteiger partial charge on any atom is -0.464 e. The molecule has 62 valence electrons. The molecule has 0 fully saturated rings. The minimum absolute atomic E-state index is 0.190. The molecule has 1 aromatic rings. The van der Waals surface area contributed by atoms with Gasteiger partial charge in [-0.1, -0.05) is 6.58 Å². The molecule has 0 aliphatic carbocycles. The molecule has 0 bridgehead atoms. The van der Waals surface area contributed by atoms with E-state index in [0.717, 1.165) is 0 Å². The van der Waals surface area contributed by atoms with E-state index < -0.39 is 5.97 Å². The number of rotatable bonds is 2. The summed E-state index contributed by atoms with van der Waals surface area (Å²) in [6, 6.07) is 0. The van der Waals surface area contributed by atoms with Gasteiger partial charge in [0.1, 0.15) is 0 Å². The fourth-order valence-electron chi connectivity index (χ4n) is 0.752. The van der Waals surface area contributed by atoms with Gasteiger partial charge in [-0.3, -0.25) is 4.98 Å². The average Bonchev–Trinajstić information content (AvgIpc) is 2.16. The van der Waals surface area contributed by atoms with Crippen LogP contribution in [0.3, 0.4) is 0 Å². The summed E-state index contributed by atoms with van der Waals surface area (Å²) in [5.41, 5.74) is 0.624. The lowest BCUT2D eigenvalue weighted by atomic mass is 10.3. The van der Waals surface area contributed by atoms with Crippen LogP contribution in [0.2, 0.25) is 0 Å². The summed E-state index contributed by atoms with van der Waals surface area (Å²) in [6.45, 7) is 3.50. The van der Waals surface area contributed by atoms with Crippen LogP contribution >= 0.6 is 0 Å². The molecule has 1 aromatic heterocycles. The first-order chi connectivity index (χ1) is 5.79. The third-order valence-corrected chi connectivity index (χ3v) is 1.30. The smallest absolute Gasteiger partial charge is 0.358 e. The number of nitrogens with zero attached hydrogens (tertiary/aromatic N) is 2. The number of hydrogen-bond donors (Lipinski definition) is 0. The quantitative estimate of drug-likeness (QED) is 0.609. The first-order valence-corrected chi connectivity index (χ1v) is 3.31. The fraction of sp³-hybridized carbons (Fsp3) is 0.125. The lowest BCUT2D eigenvalue weighted by Gasteiger charge is -1.99. The van der Waals surface area contributed by atoms with Crippen molar-refractivity contribution >= 4 is 12.0 Å². The van der Waals surface area contributed by atoms with E-state index in [1.165, 1.54) is 25.6 Å². The van der Waals surface area contributed by atoms with Crippen LogP contribution in [0.1, 0.15) is 16.2 Å². The van der Waals surface area contributed by atoms with Gasteiger partial charge < -0.3 is 4.74 Å². The van der Waals surface area contributed by atoms with E-state index in [4.69, 9.17) is 0 Å². The minimum atomic E-state index is -0.502. The van der Waals surface area contributed by atoms with Crippen molar-refractivity contribution in [3.8, 4) is 0 Å². The molecule has 0 atom stereocenters. The lowest BCUT2D eigenvalue weighted by molar-refractivity contribution is 0.0593. The van der Waals surface area contributed by atoms with E-state index in [0.29, 0.717) is 5.69 Å². The molecule has 0 spiro atoms. The summed E-state index contributed by atoms with van der Waals surface area (Å²) in [4.78, 5) is 18.7. The Labute approximate surface area is 69.9 Å². The topological polar surface area (TPSA) is 52.1 Å². The molecule has 0 aliphatic rings. The summed E-state index contributed by atoms with van der Waals surface area (Å²) < 4.78 is 4.49. The van der Waals surface area contributed by atoms with Crippen molar-refractivity contribution in [3.63, 3.8) is 0 Å². The van der Waals surface area contributed by atoms with Crippen molar-refractivity contribution in [2.75, 3.05) is 7.11 Å². The Morgan fingerprint density at radius 1 is 1.58 bits per heavy atom. The number of hydrogen-bond acceptors (Lipinski definition) is 4. The number of aromatic nitrogens is 2. The van der Waals surface area contributed by atoms with Gasteiger partial charge in [0.2, 0.25) is 0 Å². The van der Waals surface area contributed by atoms with Crippen LogP contribution in [0.15, 0.2) is 19.0 Å². The molecule has 0 radical (unpaired) electrons. The standard InChI is InChI=1S/C8H8N2O2/c1-3-6-7(8(11)12-2)10-5-4-9-6/h3-5H,1H2,2H3. The number of esters is 1. The third kappa shape index (κ3) is 1.47. The van der Waals surface area contributed by atoms with Gasteiger partial charge in [0.15, 0.2) is 5.69 Å². The van der Waals surface area contributed by atoms with Crippen molar-refractivity contribution in [1.82, 2.24) is 9.97 Å². The normalized spacial score (nSPS) is 9.08. The molecule has 4 heteroatoms. The molecular weight excluding hydrogens is 156 g/mol. The average molecular weight is 164 g/mol. The Hall–Kier alpha value is -1.71. The third-order valence-electron chi connectivity index (χ3n) is 1.30. The monoisotopic (exact) mass is 164 g/mol. The Balaban J connectivity index is 3.13. The zero-order valence-electron chi connectivity index (χ0n) is 6.65. The number of ether oxygens (including phenoxy) is 1. The second-order valence-electron chi connectivity index (χ2n) is 1.99. The lowest BCUT2D eigenvalue weighted by Crippen LogP contribution is -2.07. The maximum atomic E-state index is 11.0. The molecule has 1 rings (SSSR count). The van der Waals surface area contributed by atoms with Gasteiger partial charge in [-0.2, -0.15) is 0 Å². The first-order valence-electron chi connectivity index (χ1n) is 3.31. The molecule has 1 heterocycles. The van der Waals surface area contributed by atoms with Crippen molar-refractivity contribution in [1.29, 1.82) is 0 Å². The number of carbonyl (C=O) groups excluding carboxylic acids is 1. The van der Waals surface area contributed by atoms with Gasteiger partial charge in [0.05, 0.1) is 12.8 Å². The van der Waals surface area contributed by atoms with Gasteiger partial charge in [-0.25, -0.2) is 9.78 Å². The molecular formula is C8H8N2O2. The van der Waals surface area contributed by atoms with Crippen molar-refractivity contribution in [3.05, 3.63) is 30.4 Å². The van der Waals surface area contributed by atoms with Crippen molar-refractivity contribution in [2.24, 2.45) is 0 Å². The Kier molecular flexibility index (Phi) is 2.53. The predicted molar refractivity (Wildman–Crippen MR) is 43.5 cm³/mol. The molecule has 0 aromatic carbocycles. The van der Waals surface area contributed by atoms with Crippen LogP contribution in [-0.4, -0.2) is 23.0 Å². The van der Waals surface area contributed by atoms with Crippen molar-refractivity contribution in [2.45, 2.75) is 0 Å². The Morgan fingerprint density at radius 2 is 2.25 bits per heavy atom. The van der Waals surface area contributed by atoms with Crippen LogP contribution in [0.4, 0.5) is 0 Å². The summed E-state index contributed by atoms with van der Waals surface area (Å²) in [6.07, 6.45) is 4.38. The van der Waals surface area contributed by atoms with E-state index in [-0.39, 0.29) is 5.69 Å². The van der Waals surface area contributed by atoms with Gasteiger partial charge in [-0.05, 0) is 6.08 Å². The zero-order chi connectivity index (χ0) is 8.97. The summed E-state index contributed by atoms with van der Waals surface area (Å²) in [5.74, 6) is -0.502. The van der Waals surface area contributed by atoms with Crippen LogP contribution < -0.4 is 0 Å². The molecule has 0 N–H and O–H groups in total. The zero-order valence-corrected chi connectivity index (χ0v) is 6.65. The highest BCUT2D eigenvalue weighted by atomic mass is 16.5. The molecule has 4 nitrogen and oxygen atoms in total. The molecule has 12 heavy (non-hydrogen) atoms. The maximum absolute atomic E-state index is 11.0. The highest BCUT2D eigenvalue weighted by molar-refractivity contribution is 5.90. The summed E-state index contributed by atoms with van der Waals surface area (Å²) in [7, 11) is 1.30. The highest BCUT2D eigenvalue weighted by Gasteiger charge is 2.10. The SMILES string of the molecule is C=Cc1nccnc1C(=O)OC. The van der Waals surface area contributed by atoms with E-state index >= 15 is 0 Å². The van der Waals surface area contributed by atoms with Gasteiger partial charge in [-0.15, -0.1) is 0 Å². The summed E-state index contributed by atoms with van der Waals surface area (Å²) >= 11 is 0. The van der Waals surface area contributed by atoms with E-state index in [1.54, 1.807) is 0 Å². The van der Waals surface area contributed by atoms with Crippen molar-refractivity contribution < 1.29 is 9.53 Å². The molecule has 0 saturated carbocycles. The molecule has 0 aliphatic heterocycles. The van der Waals surface area contributed by atoms with Crippen LogP contribution in [0, 0.1) is 0 Å². The second-order valence-corrected chi connectivity index (χ2v) is 1.99. The summed E-state index contributed by atoms with van der Waals surface area (Å²) in [5, 5.41) is 0.